The van der Waals surface area contributed by atoms with E-state index in [1.807, 2.05) is 12.1 Å². The lowest BCUT2D eigenvalue weighted by Crippen LogP contribution is -2.43. The van der Waals surface area contributed by atoms with E-state index < -0.39 is 6.04 Å². The first-order chi connectivity index (χ1) is 15.5. The van der Waals surface area contributed by atoms with E-state index in [0.29, 0.717) is 51.6 Å². The molecule has 32 heavy (non-hydrogen) atoms. The third-order valence-electron chi connectivity index (χ3n) is 5.25. The van der Waals surface area contributed by atoms with Crippen molar-refractivity contribution in [2.45, 2.75) is 18.9 Å². The number of anilines is 1. The van der Waals surface area contributed by atoms with Crippen LogP contribution in [-0.4, -0.2) is 46.3 Å². The maximum Gasteiger partial charge on any atom is 0.256 e. The van der Waals surface area contributed by atoms with E-state index in [0.717, 1.165) is 5.56 Å². The van der Waals surface area contributed by atoms with Crippen LogP contribution in [0.2, 0.25) is 10.0 Å². The van der Waals surface area contributed by atoms with Crippen molar-refractivity contribution in [3.8, 4) is 22.1 Å². The molecule has 1 saturated heterocycles. The number of amides is 2. The zero-order valence-corrected chi connectivity index (χ0v) is 18.8. The Morgan fingerprint density at radius 2 is 1.94 bits per heavy atom. The molecule has 0 radical (unpaired) electrons. The zero-order chi connectivity index (χ0) is 22.2. The number of carbonyl (C=O) groups is 2. The maximum absolute atomic E-state index is 13.0. The van der Waals surface area contributed by atoms with Gasteiger partial charge in [0.25, 0.3) is 5.91 Å². The predicted molar refractivity (Wildman–Crippen MR) is 121 cm³/mol. The first kappa shape index (κ1) is 21.0. The monoisotopic (exact) mass is 490 g/mol. The van der Waals surface area contributed by atoms with Gasteiger partial charge in [-0.3, -0.25) is 14.9 Å². The van der Waals surface area contributed by atoms with Crippen molar-refractivity contribution in [3.05, 3.63) is 52.0 Å². The van der Waals surface area contributed by atoms with Crippen LogP contribution in [0.4, 0.5) is 5.13 Å². The Morgan fingerprint density at radius 3 is 2.78 bits per heavy atom. The van der Waals surface area contributed by atoms with E-state index in [4.69, 9.17) is 32.7 Å². The number of hydrogen-bond acceptors (Lipinski definition) is 7. The zero-order valence-electron chi connectivity index (χ0n) is 16.5. The van der Waals surface area contributed by atoms with Gasteiger partial charge in [0.2, 0.25) is 17.8 Å². The molecule has 2 aliphatic rings. The molecule has 1 fully saturated rings. The lowest BCUT2D eigenvalue weighted by molar-refractivity contribution is -0.119. The van der Waals surface area contributed by atoms with E-state index in [2.05, 4.69) is 15.5 Å². The maximum atomic E-state index is 13.0. The average Bonchev–Trinajstić information content (AvgIpc) is 3.52. The molecule has 1 atom stereocenters. The average molecular weight is 491 g/mol. The molecule has 0 saturated carbocycles. The number of carbonyl (C=O) groups excluding carboxylic acids is 2. The van der Waals surface area contributed by atoms with Crippen LogP contribution in [-0.2, 0) is 4.79 Å². The van der Waals surface area contributed by atoms with Gasteiger partial charge in [-0.05, 0) is 49.2 Å². The molecule has 8 nitrogen and oxygen atoms in total. The van der Waals surface area contributed by atoms with E-state index in [1.165, 1.54) is 22.3 Å². The highest BCUT2D eigenvalue weighted by atomic mass is 35.5. The van der Waals surface area contributed by atoms with Crippen LogP contribution < -0.4 is 14.8 Å². The fourth-order valence-electron chi connectivity index (χ4n) is 3.71. The third kappa shape index (κ3) is 3.99. The van der Waals surface area contributed by atoms with Gasteiger partial charge in [0.15, 0.2) is 11.5 Å². The Kier molecular flexibility index (Phi) is 5.62. The summed E-state index contributed by atoms with van der Waals surface area (Å²) in [7, 11) is 0. The van der Waals surface area contributed by atoms with Gasteiger partial charge in [0, 0.05) is 17.1 Å². The SMILES string of the molecule is O=C(Nc1nnc(-c2ccc3c(c2)OCO3)s1)C1CCCN1C(=O)c1ccc(Cl)cc1Cl. The van der Waals surface area contributed by atoms with E-state index in [1.54, 1.807) is 18.2 Å². The highest BCUT2D eigenvalue weighted by Crippen LogP contribution is 2.37. The highest BCUT2D eigenvalue weighted by Gasteiger charge is 2.35. The summed E-state index contributed by atoms with van der Waals surface area (Å²) in [6.07, 6.45) is 1.27. The molecular formula is C21H16Cl2N4O4S. The molecule has 0 bridgehead atoms. The molecule has 1 N–H and O–H groups in total. The van der Waals surface area contributed by atoms with Crippen LogP contribution >= 0.6 is 34.5 Å². The molecule has 3 heterocycles. The summed E-state index contributed by atoms with van der Waals surface area (Å²) in [5.41, 5.74) is 1.12. The second-order valence-corrected chi connectivity index (χ2v) is 9.07. The van der Waals surface area contributed by atoms with Crippen LogP contribution in [0.5, 0.6) is 11.5 Å². The minimum Gasteiger partial charge on any atom is -0.454 e. The standard InChI is InChI=1S/C21H16Cl2N4O4S/c22-12-4-5-13(14(23)9-12)20(29)27-7-1-2-15(27)18(28)24-21-26-25-19(32-21)11-3-6-16-17(8-11)31-10-30-16/h3-6,8-9,15H,1-2,7,10H2,(H,24,26,28). The van der Waals surface area contributed by atoms with Gasteiger partial charge in [0.1, 0.15) is 11.0 Å². The fourth-order valence-corrected chi connectivity index (χ4v) is 4.94. The van der Waals surface area contributed by atoms with Gasteiger partial charge in [-0.15, -0.1) is 10.2 Å². The van der Waals surface area contributed by atoms with Gasteiger partial charge < -0.3 is 14.4 Å². The van der Waals surface area contributed by atoms with Gasteiger partial charge in [0.05, 0.1) is 10.6 Å². The molecule has 2 aliphatic heterocycles. The molecular weight excluding hydrogens is 475 g/mol. The molecule has 2 amide bonds. The Labute approximate surface area is 197 Å². The Hall–Kier alpha value is -2.88. The number of halogens is 2. The van der Waals surface area contributed by atoms with Crippen LogP contribution in [0.25, 0.3) is 10.6 Å². The van der Waals surface area contributed by atoms with Gasteiger partial charge in [-0.1, -0.05) is 34.5 Å². The van der Waals surface area contributed by atoms with Crippen molar-refractivity contribution in [3.63, 3.8) is 0 Å². The van der Waals surface area contributed by atoms with Gasteiger partial charge in [-0.25, -0.2) is 0 Å². The largest absolute Gasteiger partial charge is 0.454 e. The van der Waals surface area contributed by atoms with Crippen molar-refractivity contribution in [2.24, 2.45) is 0 Å². The van der Waals surface area contributed by atoms with Gasteiger partial charge >= 0.3 is 0 Å². The molecule has 0 aliphatic carbocycles. The normalized spacial score (nSPS) is 16.9. The summed E-state index contributed by atoms with van der Waals surface area (Å²) in [6.45, 7) is 0.655. The van der Waals surface area contributed by atoms with Crippen molar-refractivity contribution in [1.29, 1.82) is 0 Å². The summed E-state index contributed by atoms with van der Waals surface area (Å²) in [5.74, 6) is 0.708. The minimum atomic E-state index is -0.618. The molecule has 164 valence electrons. The minimum absolute atomic E-state index is 0.189. The molecule has 1 aromatic heterocycles. The number of fused-ring (bicyclic) bond motifs is 1. The number of benzene rings is 2. The first-order valence-corrected chi connectivity index (χ1v) is 11.4. The van der Waals surface area contributed by atoms with Crippen molar-refractivity contribution >= 4 is 51.5 Å². The van der Waals surface area contributed by atoms with Crippen LogP contribution in [0.15, 0.2) is 36.4 Å². The molecule has 0 spiro atoms. The number of likely N-dealkylation sites (tertiary alicyclic amines) is 1. The quantitative estimate of drug-likeness (QED) is 0.579. The summed E-state index contributed by atoms with van der Waals surface area (Å²) in [5, 5.41) is 12.7. The molecule has 1 unspecified atom stereocenters. The van der Waals surface area contributed by atoms with Crippen molar-refractivity contribution in [2.75, 3.05) is 18.7 Å². The topological polar surface area (TPSA) is 93.7 Å². The summed E-state index contributed by atoms with van der Waals surface area (Å²) < 4.78 is 10.7. The number of aromatic nitrogens is 2. The molecule has 11 heteroatoms. The molecule has 2 aromatic carbocycles. The highest BCUT2D eigenvalue weighted by molar-refractivity contribution is 7.18. The van der Waals surface area contributed by atoms with Crippen LogP contribution in [0, 0.1) is 0 Å². The second-order valence-electron chi connectivity index (χ2n) is 7.25. The second kappa shape index (κ2) is 8.57. The summed E-state index contributed by atoms with van der Waals surface area (Å²) in [4.78, 5) is 27.5. The van der Waals surface area contributed by atoms with E-state index in [9.17, 15) is 9.59 Å². The Balaban J connectivity index is 1.30. The lowest BCUT2D eigenvalue weighted by Gasteiger charge is -2.24. The first-order valence-electron chi connectivity index (χ1n) is 9.80. The van der Waals surface area contributed by atoms with Crippen LogP contribution in [0.3, 0.4) is 0 Å². The number of hydrogen-bond donors (Lipinski definition) is 1. The van der Waals surface area contributed by atoms with E-state index >= 15 is 0 Å². The Morgan fingerprint density at radius 1 is 1.09 bits per heavy atom. The fraction of sp³-hybridized carbons (Fsp3) is 0.238. The number of nitrogens with zero attached hydrogens (tertiary/aromatic N) is 3. The predicted octanol–water partition coefficient (Wildman–Crippen LogP) is 4.48. The smallest absolute Gasteiger partial charge is 0.256 e. The number of rotatable bonds is 4. The third-order valence-corrected chi connectivity index (χ3v) is 6.69. The molecule has 3 aromatic rings. The Bertz CT molecular complexity index is 1220. The summed E-state index contributed by atoms with van der Waals surface area (Å²) >= 11 is 13.4. The van der Waals surface area contributed by atoms with Crippen molar-refractivity contribution < 1.29 is 19.1 Å². The number of ether oxygens (including phenoxy) is 2. The van der Waals surface area contributed by atoms with E-state index in [-0.39, 0.29) is 23.6 Å². The summed E-state index contributed by atoms with van der Waals surface area (Å²) in [6, 6.07) is 9.55. The molecule has 5 rings (SSSR count). The van der Waals surface area contributed by atoms with Crippen LogP contribution in [0.1, 0.15) is 23.2 Å². The van der Waals surface area contributed by atoms with Gasteiger partial charge in [-0.2, -0.15) is 0 Å². The number of nitrogens with one attached hydrogen (secondary N) is 1. The van der Waals surface area contributed by atoms with Crippen molar-refractivity contribution in [1.82, 2.24) is 15.1 Å². The lowest BCUT2D eigenvalue weighted by atomic mass is 10.1.